The van der Waals surface area contributed by atoms with Gasteiger partial charge in [0.25, 0.3) is 0 Å². The minimum absolute atomic E-state index is 0.914. The summed E-state index contributed by atoms with van der Waals surface area (Å²) in [5.74, 6) is -0.914. The van der Waals surface area contributed by atoms with E-state index < -0.39 is 176 Å². The Labute approximate surface area is 316 Å². The highest BCUT2D eigenvalue weighted by atomic mass is 32.3. The van der Waals surface area contributed by atoms with Crippen molar-refractivity contribution in [2.75, 3.05) is 26.4 Å². The number of ether oxygens (including phenoxy) is 7. The van der Waals surface area contributed by atoms with E-state index in [1.165, 1.54) is 0 Å². The third kappa shape index (κ3) is 11.0. The van der Waals surface area contributed by atoms with Crippen LogP contribution in [-0.4, -0.2) is 237 Å². The molecule has 4 aliphatic rings. The number of carbonyl (C=O) groups excluding carboxylic acids is 1. The predicted molar refractivity (Wildman–Crippen MR) is 166 cm³/mol. The Balaban J connectivity index is 1.63. The Morgan fingerprint density at radius 2 is 0.929 bits per heavy atom. The van der Waals surface area contributed by atoms with E-state index in [2.05, 4.69) is 13.7 Å². The molecule has 14 N–H and O–H groups in total. The average Bonchev–Trinajstić information content (AvgIpc) is 3.11. The zero-order valence-electron chi connectivity index (χ0n) is 28.7. The van der Waals surface area contributed by atoms with Gasteiger partial charge in [0.2, 0.25) is 5.91 Å². The number of amides is 1. The molecule has 328 valence electrons. The fraction of sp³-hybridized carbons (Fsp3) is 0.962. The molecule has 1 amide bonds. The molecule has 20 atom stereocenters. The molecule has 4 heterocycles. The van der Waals surface area contributed by atoms with Crippen molar-refractivity contribution in [1.82, 2.24) is 5.32 Å². The van der Waals surface area contributed by atoms with Crippen LogP contribution in [0.25, 0.3) is 0 Å². The molecular formula is C26H45NO27S2. The molecule has 0 bridgehead atoms. The van der Waals surface area contributed by atoms with Crippen LogP contribution in [-0.2, 0) is 67.1 Å². The van der Waals surface area contributed by atoms with E-state index in [0.29, 0.717) is 0 Å². The maximum Gasteiger partial charge on any atom is 0.397 e. The number of aliphatic hydroxyl groups is 11. The fourth-order valence-corrected chi connectivity index (χ4v) is 7.44. The molecule has 4 fully saturated rings. The highest BCUT2D eigenvalue weighted by molar-refractivity contribution is 7.81. The first-order valence-electron chi connectivity index (χ1n) is 16.4. The molecule has 56 heavy (non-hydrogen) atoms. The second-order valence-electron chi connectivity index (χ2n) is 12.9. The van der Waals surface area contributed by atoms with Crippen molar-refractivity contribution in [3.05, 3.63) is 0 Å². The van der Waals surface area contributed by atoms with Crippen molar-refractivity contribution in [3.63, 3.8) is 0 Å². The van der Waals surface area contributed by atoms with Gasteiger partial charge in [-0.3, -0.25) is 13.9 Å². The second-order valence-corrected chi connectivity index (χ2v) is 15.0. The first kappa shape index (κ1) is 47.2. The normalized spacial score (nSPS) is 45.3. The Hall–Kier alpha value is -1.51. The van der Waals surface area contributed by atoms with Crippen molar-refractivity contribution < 1.29 is 128 Å². The van der Waals surface area contributed by atoms with E-state index in [-0.39, 0.29) is 0 Å². The van der Waals surface area contributed by atoms with Gasteiger partial charge in [-0.25, -0.2) is 8.37 Å². The molecule has 4 aliphatic heterocycles. The molecule has 30 heteroatoms. The van der Waals surface area contributed by atoms with Gasteiger partial charge in [0.05, 0.1) is 26.4 Å². The van der Waals surface area contributed by atoms with Gasteiger partial charge in [-0.2, -0.15) is 16.8 Å². The standard InChI is InChI=1S/C26H45NO27S2/c1-6(32)27-11-13(34)18(50-25-16(37)21(53-55(40,41)42)12(33)7(2-28)47-25)9(4-30)48-24(11)52-20-10(5-31)49-26(17(38)22(20)54-56(43,44)45)51-19-8(3-29)46-23(39)15(36)14(19)35/h7-26,28-31,33-39H,2-5H2,1H3,(H,27,32)(H,40,41,42)(H,43,44,45)/t7-,8-,9-,10-,11-,12+,13-,14-,15-,16-,17-,18+,19-,20+,21+,22-,23-,24+,25+,26+/m1/s1. The third-order valence-electron chi connectivity index (χ3n) is 9.02. The van der Waals surface area contributed by atoms with Crippen LogP contribution in [0.4, 0.5) is 0 Å². The average molecular weight is 868 g/mol. The number of carbonyl (C=O) groups is 1. The first-order valence-corrected chi connectivity index (χ1v) is 19.1. The highest BCUT2D eigenvalue weighted by Gasteiger charge is 2.57. The van der Waals surface area contributed by atoms with Gasteiger partial charge in [0.1, 0.15) is 97.6 Å². The van der Waals surface area contributed by atoms with Gasteiger partial charge in [-0.15, -0.1) is 0 Å². The lowest BCUT2D eigenvalue weighted by molar-refractivity contribution is -0.377. The quantitative estimate of drug-likeness (QED) is 0.0680. The van der Waals surface area contributed by atoms with Crippen molar-refractivity contribution in [2.24, 2.45) is 0 Å². The van der Waals surface area contributed by atoms with Crippen LogP contribution in [0.3, 0.4) is 0 Å². The Morgan fingerprint density at radius 3 is 1.43 bits per heavy atom. The molecule has 0 aromatic heterocycles. The number of hydrogen-bond donors (Lipinski definition) is 14. The van der Waals surface area contributed by atoms with Crippen LogP contribution in [0.2, 0.25) is 0 Å². The van der Waals surface area contributed by atoms with Gasteiger partial charge < -0.3 is 94.6 Å². The minimum atomic E-state index is -5.55. The smallest absolute Gasteiger partial charge is 0.394 e. The lowest BCUT2D eigenvalue weighted by Crippen LogP contribution is -2.70. The van der Waals surface area contributed by atoms with E-state index in [4.69, 9.17) is 37.7 Å². The molecule has 0 saturated carbocycles. The van der Waals surface area contributed by atoms with E-state index in [1.807, 2.05) is 0 Å². The highest BCUT2D eigenvalue weighted by Crippen LogP contribution is 2.36. The van der Waals surface area contributed by atoms with Gasteiger partial charge in [-0.1, -0.05) is 0 Å². The summed E-state index contributed by atoms with van der Waals surface area (Å²) in [6, 6.07) is -1.87. The number of aliphatic hydroxyl groups excluding tert-OH is 11. The summed E-state index contributed by atoms with van der Waals surface area (Å²) in [6.07, 6.45) is -38.9. The third-order valence-corrected chi connectivity index (χ3v) is 9.95. The molecule has 0 radical (unpaired) electrons. The molecule has 4 saturated heterocycles. The summed E-state index contributed by atoms with van der Waals surface area (Å²) in [7, 11) is -10.9. The van der Waals surface area contributed by atoms with Gasteiger partial charge in [0.15, 0.2) is 25.2 Å². The summed E-state index contributed by atoms with van der Waals surface area (Å²) in [5, 5.41) is 116. The Bertz CT molecular complexity index is 1510. The number of rotatable bonds is 15. The molecule has 0 aromatic rings. The molecule has 28 nitrogen and oxygen atoms in total. The van der Waals surface area contributed by atoms with E-state index in [9.17, 15) is 82.4 Å². The summed E-state index contributed by atoms with van der Waals surface area (Å²) in [6.45, 7) is -3.33. The van der Waals surface area contributed by atoms with Crippen molar-refractivity contribution >= 4 is 26.7 Å². The lowest BCUT2D eigenvalue weighted by atomic mass is 9.94. The van der Waals surface area contributed by atoms with E-state index in [0.717, 1.165) is 6.92 Å². The molecular weight excluding hydrogens is 822 g/mol. The summed E-state index contributed by atoms with van der Waals surface area (Å²) >= 11 is 0. The zero-order chi connectivity index (χ0) is 42.0. The molecule has 0 unspecified atom stereocenters. The van der Waals surface area contributed by atoms with Crippen LogP contribution in [0, 0.1) is 0 Å². The Kier molecular flexibility index (Phi) is 16.2. The van der Waals surface area contributed by atoms with E-state index >= 15 is 0 Å². The van der Waals surface area contributed by atoms with E-state index in [1.54, 1.807) is 0 Å². The van der Waals surface area contributed by atoms with Crippen molar-refractivity contribution in [2.45, 2.75) is 130 Å². The number of hydrogen-bond acceptors (Lipinski definition) is 25. The molecule has 4 rings (SSSR count). The van der Waals surface area contributed by atoms with Crippen LogP contribution >= 0.6 is 0 Å². The van der Waals surface area contributed by atoms with Gasteiger partial charge >= 0.3 is 20.8 Å². The number of nitrogens with one attached hydrogen (secondary N) is 1. The molecule has 0 spiro atoms. The summed E-state index contributed by atoms with van der Waals surface area (Å²) in [4.78, 5) is 12.3. The van der Waals surface area contributed by atoms with Crippen LogP contribution in [0.15, 0.2) is 0 Å². The zero-order valence-corrected chi connectivity index (χ0v) is 30.4. The Morgan fingerprint density at radius 1 is 0.518 bits per heavy atom. The van der Waals surface area contributed by atoms with Crippen LogP contribution in [0.1, 0.15) is 6.92 Å². The van der Waals surface area contributed by atoms with Crippen molar-refractivity contribution in [3.8, 4) is 0 Å². The fourth-order valence-electron chi connectivity index (χ4n) is 6.43. The van der Waals surface area contributed by atoms with Crippen LogP contribution < -0.4 is 5.32 Å². The largest absolute Gasteiger partial charge is 0.397 e. The van der Waals surface area contributed by atoms with Crippen molar-refractivity contribution in [1.29, 1.82) is 0 Å². The maximum atomic E-state index is 12.3. The second kappa shape index (κ2) is 19.3. The maximum absolute atomic E-state index is 12.3. The summed E-state index contributed by atoms with van der Waals surface area (Å²) < 4.78 is 113. The topological polar surface area (TPSA) is 443 Å². The predicted octanol–water partition coefficient (Wildman–Crippen LogP) is -9.95. The van der Waals surface area contributed by atoms with Crippen LogP contribution in [0.5, 0.6) is 0 Å². The monoisotopic (exact) mass is 867 g/mol. The van der Waals surface area contributed by atoms with Gasteiger partial charge in [0, 0.05) is 6.92 Å². The molecule has 0 aromatic carbocycles. The first-order chi connectivity index (χ1) is 26.0. The minimum Gasteiger partial charge on any atom is -0.394 e. The SMILES string of the molecule is CC(=O)N[C@H]1[C@H](O[C@@H]2[C@H](OS(=O)(=O)O)[C@@H](O)[C@H](O[C@H]3[C@H](O)[C@@H](O)[C@H](O)O[C@@H]3CO)O[C@@H]2CO)O[C@H](CO)[C@H](O[C@@H]2O[C@H](CO)[C@H](O)[C@H](OS(=O)(=O)O)[C@H]2O)[C@@H]1O. The molecule has 0 aliphatic carbocycles. The van der Waals surface area contributed by atoms with Gasteiger partial charge in [-0.05, 0) is 0 Å². The summed E-state index contributed by atoms with van der Waals surface area (Å²) in [5.41, 5.74) is 0. The lowest BCUT2D eigenvalue weighted by Gasteiger charge is -2.50.